The topological polar surface area (TPSA) is 73.0 Å². The molecule has 1 N–H and O–H groups in total. The maximum Gasteiger partial charge on any atom is 0.275 e. The Bertz CT molecular complexity index is 455. The second-order valence-corrected chi connectivity index (χ2v) is 5.34. The highest BCUT2D eigenvalue weighted by Crippen LogP contribution is 2.11. The van der Waals surface area contributed by atoms with E-state index >= 15 is 0 Å². The monoisotopic (exact) mass is 296 g/mol. The van der Waals surface area contributed by atoms with Gasteiger partial charge in [-0.2, -0.15) is 0 Å². The highest BCUT2D eigenvalue weighted by molar-refractivity contribution is 5.92. The van der Waals surface area contributed by atoms with Crippen LogP contribution in [0.4, 0.5) is 0 Å². The van der Waals surface area contributed by atoms with E-state index in [1.165, 1.54) is 4.90 Å². The van der Waals surface area contributed by atoms with E-state index < -0.39 is 0 Å². The summed E-state index contributed by atoms with van der Waals surface area (Å²) in [6, 6.07) is 1.70. The Morgan fingerprint density at radius 3 is 2.67 bits per heavy atom. The van der Waals surface area contributed by atoms with Gasteiger partial charge in [0.1, 0.15) is 0 Å². The molecule has 1 aliphatic rings. The number of piperazine rings is 1. The summed E-state index contributed by atoms with van der Waals surface area (Å²) < 4.78 is 5.25. The molecule has 0 atom stereocenters. The van der Waals surface area contributed by atoms with Gasteiger partial charge in [0.15, 0.2) is 11.5 Å². The Balaban J connectivity index is 1.87. The fraction of sp³-hybridized carbons (Fsp3) is 0.714. The molecule has 2 rings (SSSR count). The minimum atomic E-state index is -0.227. The first-order valence-corrected chi connectivity index (χ1v) is 7.40. The third-order valence-corrected chi connectivity index (χ3v) is 3.85. The van der Waals surface area contributed by atoms with Gasteiger partial charge in [-0.3, -0.25) is 9.69 Å². The maximum absolute atomic E-state index is 12.0. The van der Waals surface area contributed by atoms with Crippen molar-refractivity contribution in [2.75, 3.05) is 52.9 Å². The minimum Gasteiger partial charge on any atom is -0.395 e. The fourth-order valence-electron chi connectivity index (χ4n) is 2.42. The van der Waals surface area contributed by atoms with E-state index in [2.05, 4.69) is 21.9 Å². The highest BCUT2D eigenvalue weighted by atomic mass is 16.5. The van der Waals surface area contributed by atoms with Gasteiger partial charge in [-0.05, 0) is 6.54 Å². The molecule has 118 valence electrons. The third-order valence-electron chi connectivity index (χ3n) is 3.85. The molecular weight excluding hydrogens is 272 g/mol. The molecule has 1 fully saturated rings. The van der Waals surface area contributed by atoms with Crippen molar-refractivity contribution in [2.45, 2.75) is 13.5 Å². The number of aromatic nitrogens is 1. The van der Waals surface area contributed by atoms with Gasteiger partial charge in [-0.1, -0.05) is 12.1 Å². The number of hydrogen-bond acceptors (Lipinski definition) is 6. The molecule has 1 aliphatic heterocycles. The fourth-order valence-corrected chi connectivity index (χ4v) is 2.42. The standard InChI is InChI=1S/C14H24N4O3/c1-3-17-4-6-18(7-5-17)11-12-10-13(15-21-12)14(20)16(2)8-9-19/h10,19H,3-9,11H2,1-2H3. The van der Waals surface area contributed by atoms with Crippen LogP contribution in [-0.4, -0.2) is 83.8 Å². The number of rotatable bonds is 6. The van der Waals surface area contributed by atoms with Crippen LogP contribution in [0.5, 0.6) is 0 Å². The third kappa shape index (κ3) is 4.26. The van der Waals surface area contributed by atoms with E-state index in [0.717, 1.165) is 32.7 Å². The Morgan fingerprint density at radius 2 is 2.05 bits per heavy atom. The second kappa shape index (κ2) is 7.53. The smallest absolute Gasteiger partial charge is 0.275 e. The van der Waals surface area contributed by atoms with Crippen LogP contribution < -0.4 is 0 Å². The number of hydrogen-bond donors (Lipinski definition) is 1. The van der Waals surface area contributed by atoms with Gasteiger partial charge in [0.25, 0.3) is 5.91 Å². The first kappa shape index (κ1) is 15.9. The summed E-state index contributed by atoms with van der Waals surface area (Å²) in [4.78, 5) is 18.1. The molecule has 0 bridgehead atoms. The zero-order chi connectivity index (χ0) is 15.2. The molecule has 7 nitrogen and oxygen atoms in total. The van der Waals surface area contributed by atoms with Gasteiger partial charge in [-0.15, -0.1) is 0 Å². The van der Waals surface area contributed by atoms with Gasteiger partial charge in [0.05, 0.1) is 13.2 Å². The quantitative estimate of drug-likeness (QED) is 0.789. The molecule has 1 aromatic rings. The molecule has 0 aliphatic carbocycles. The van der Waals surface area contributed by atoms with Gasteiger partial charge in [-0.25, -0.2) is 0 Å². The molecule has 7 heteroatoms. The lowest BCUT2D eigenvalue weighted by Crippen LogP contribution is -2.45. The lowest BCUT2D eigenvalue weighted by Gasteiger charge is -2.33. The Labute approximate surface area is 125 Å². The molecule has 1 aromatic heterocycles. The Kier molecular flexibility index (Phi) is 5.72. The number of carbonyl (C=O) groups is 1. The van der Waals surface area contributed by atoms with E-state index in [-0.39, 0.29) is 12.5 Å². The number of aliphatic hydroxyl groups is 1. The highest BCUT2D eigenvalue weighted by Gasteiger charge is 2.20. The molecule has 0 radical (unpaired) electrons. The van der Waals surface area contributed by atoms with E-state index in [1.54, 1.807) is 13.1 Å². The molecule has 0 unspecified atom stereocenters. The minimum absolute atomic E-state index is 0.0609. The van der Waals surface area contributed by atoms with Crippen LogP contribution in [0.25, 0.3) is 0 Å². The van der Waals surface area contributed by atoms with Crippen LogP contribution >= 0.6 is 0 Å². The normalized spacial score (nSPS) is 17.1. The molecule has 0 aromatic carbocycles. The molecular formula is C14H24N4O3. The van der Waals surface area contributed by atoms with Crippen LogP contribution in [0.1, 0.15) is 23.2 Å². The summed E-state index contributed by atoms with van der Waals surface area (Å²) in [5, 5.41) is 12.7. The average molecular weight is 296 g/mol. The van der Waals surface area contributed by atoms with Crippen LogP contribution in [0.15, 0.2) is 10.6 Å². The zero-order valence-corrected chi connectivity index (χ0v) is 12.8. The van der Waals surface area contributed by atoms with Gasteiger partial charge >= 0.3 is 0 Å². The van der Waals surface area contributed by atoms with E-state index in [1.807, 2.05) is 0 Å². The summed E-state index contributed by atoms with van der Waals surface area (Å²) >= 11 is 0. The predicted molar refractivity (Wildman–Crippen MR) is 77.9 cm³/mol. The lowest BCUT2D eigenvalue weighted by atomic mass is 10.2. The van der Waals surface area contributed by atoms with E-state index in [9.17, 15) is 4.79 Å². The first-order valence-electron chi connectivity index (χ1n) is 7.40. The number of likely N-dealkylation sites (N-methyl/N-ethyl adjacent to an activating group) is 2. The largest absolute Gasteiger partial charge is 0.395 e. The molecule has 1 saturated heterocycles. The zero-order valence-electron chi connectivity index (χ0n) is 12.8. The van der Waals surface area contributed by atoms with Crippen molar-refractivity contribution >= 4 is 5.91 Å². The number of nitrogens with zero attached hydrogens (tertiary/aromatic N) is 4. The molecule has 0 saturated carbocycles. The SMILES string of the molecule is CCN1CCN(Cc2cc(C(=O)N(C)CCO)no2)CC1. The van der Waals surface area contributed by atoms with Gasteiger partial charge < -0.3 is 19.4 Å². The average Bonchev–Trinajstić information content (AvgIpc) is 2.96. The summed E-state index contributed by atoms with van der Waals surface area (Å²) in [6.07, 6.45) is 0. The number of amides is 1. The summed E-state index contributed by atoms with van der Waals surface area (Å²) in [6.45, 7) is 8.31. The molecule has 2 heterocycles. The first-order chi connectivity index (χ1) is 10.1. The molecule has 0 spiro atoms. The van der Waals surface area contributed by atoms with Crippen molar-refractivity contribution in [3.63, 3.8) is 0 Å². The Morgan fingerprint density at radius 1 is 1.38 bits per heavy atom. The summed E-state index contributed by atoms with van der Waals surface area (Å²) in [5.41, 5.74) is 0.299. The predicted octanol–water partition coefficient (Wildman–Crippen LogP) is -0.124. The van der Waals surface area contributed by atoms with Crippen LogP contribution in [0, 0.1) is 0 Å². The lowest BCUT2D eigenvalue weighted by molar-refractivity contribution is 0.0756. The van der Waals surface area contributed by atoms with Crippen molar-refractivity contribution in [1.82, 2.24) is 19.9 Å². The van der Waals surface area contributed by atoms with Crippen molar-refractivity contribution in [2.24, 2.45) is 0 Å². The van der Waals surface area contributed by atoms with Crippen molar-refractivity contribution < 1.29 is 14.4 Å². The molecule has 1 amide bonds. The van der Waals surface area contributed by atoms with Crippen LogP contribution in [0.2, 0.25) is 0 Å². The summed E-state index contributed by atoms with van der Waals surface area (Å²) in [7, 11) is 1.64. The van der Waals surface area contributed by atoms with Crippen LogP contribution in [-0.2, 0) is 6.54 Å². The van der Waals surface area contributed by atoms with E-state index in [0.29, 0.717) is 24.5 Å². The number of carbonyl (C=O) groups excluding carboxylic acids is 1. The molecule has 21 heavy (non-hydrogen) atoms. The van der Waals surface area contributed by atoms with Crippen molar-refractivity contribution in [3.05, 3.63) is 17.5 Å². The number of aliphatic hydroxyl groups excluding tert-OH is 1. The van der Waals surface area contributed by atoms with Gasteiger partial charge in [0, 0.05) is 45.8 Å². The van der Waals surface area contributed by atoms with Crippen molar-refractivity contribution in [1.29, 1.82) is 0 Å². The van der Waals surface area contributed by atoms with E-state index in [4.69, 9.17) is 9.63 Å². The van der Waals surface area contributed by atoms with Gasteiger partial charge in [0.2, 0.25) is 0 Å². The second-order valence-electron chi connectivity index (χ2n) is 5.34. The Hall–Kier alpha value is -1.44. The van der Waals surface area contributed by atoms with Crippen LogP contribution in [0.3, 0.4) is 0 Å². The maximum atomic E-state index is 12.0. The van der Waals surface area contributed by atoms with Crippen molar-refractivity contribution in [3.8, 4) is 0 Å². The summed E-state index contributed by atoms with van der Waals surface area (Å²) in [5.74, 6) is 0.482.